The van der Waals surface area contributed by atoms with Crippen LogP contribution in [0.15, 0.2) is 119 Å². The van der Waals surface area contributed by atoms with Crippen LogP contribution in [0, 0.1) is 20.2 Å². The first-order valence-electron chi connectivity index (χ1n) is 12.6. The zero-order valence-corrected chi connectivity index (χ0v) is 23.5. The number of benzene rings is 4. The first kappa shape index (κ1) is 29.0. The van der Waals surface area contributed by atoms with Crippen LogP contribution in [-0.4, -0.2) is 48.4 Å². The van der Waals surface area contributed by atoms with Crippen molar-refractivity contribution in [2.24, 2.45) is 0 Å². The van der Waals surface area contributed by atoms with Gasteiger partial charge in [0.25, 0.3) is 11.4 Å². The van der Waals surface area contributed by atoms with Gasteiger partial charge in [-0.05, 0) is 35.4 Å². The minimum atomic E-state index is -3.59. The van der Waals surface area contributed by atoms with Crippen LogP contribution in [0.5, 0.6) is 0 Å². The Kier molecular flexibility index (Phi) is 7.88. The van der Waals surface area contributed by atoms with Gasteiger partial charge in [-0.2, -0.15) is 8.61 Å². The average molecular weight is 609 g/mol. The Bertz CT molecular complexity index is 1680. The predicted octanol–water partition coefficient (Wildman–Crippen LogP) is 4.68. The molecule has 0 spiro atoms. The molecule has 6 rings (SSSR count). The summed E-state index contributed by atoms with van der Waals surface area (Å²) in [6, 6.07) is 28.4. The maximum atomic E-state index is 12.4. The first-order valence-corrected chi connectivity index (χ1v) is 15.5. The van der Waals surface area contributed by atoms with E-state index in [1.165, 1.54) is 57.1 Å². The molecule has 0 aliphatic carbocycles. The molecular weight excluding hydrogens is 584 g/mol. The summed E-state index contributed by atoms with van der Waals surface area (Å²) in [6.45, 7) is 0.868. The van der Waals surface area contributed by atoms with Gasteiger partial charge in [-0.1, -0.05) is 60.7 Å². The summed E-state index contributed by atoms with van der Waals surface area (Å²) in [6.07, 6.45) is 0. The minimum Gasteiger partial charge on any atom is -0.258 e. The van der Waals surface area contributed by atoms with E-state index in [-0.39, 0.29) is 33.2 Å². The molecule has 14 heteroatoms. The fraction of sp³-hybridized carbons (Fsp3) is 0.143. The highest BCUT2D eigenvalue weighted by molar-refractivity contribution is 7.89. The molecule has 4 atom stereocenters. The standard InChI is InChI=1S/2C14H12N2O4S/c2*17-16(18)12-6-8-13(9-7-12)21(19,20)15-10-14(15)11-4-2-1-3-5-11/h2*1-9,14H,10H2/t2*14-,15?/m11/s1. The third-order valence-corrected chi connectivity index (χ3v) is 10.6. The zero-order chi connectivity index (χ0) is 30.1. The van der Waals surface area contributed by atoms with E-state index >= 15 is 0 Å². The lowest BCUT2D eigenvalue weighted by Gasteiger charge is -2.06. The Morgan fingerprint density at radius 3 is 1.12 bits per heavy atom. The van der Waals surface area contributed by atoms with Gasteiger partial charge in [0.15, 0.2) is 0 Å². The summed E-state index contributed by atoms with van der Waals surface area (Å²) < 4.78 is 52.4. The maximum absolute atomic E-state index is 12.4. The van der Waals surface area contributed by atoms with E-state index in [2.05, 4.69) is 0 Å². The summed E-state index contributed by atoms with van der Waals surface area (Å²) in [4.78, 5) is 20.2. The fourth-order valence-corrected chi connectivity index (χ4v) is 7.51. The van der Waals surface area contributed by atoms with E-state index in [1.807, 2.05) is 60.7 Å². The van der Waals surface area contributed by atoms with Crippen molar-refractivity contribution in [2.75, 3.05) is 13.1 Å². The van der Waals surface area contributed by atoms with Crippen LogP contribution in [0.3, 0.4) is 0 Å². The molecule has 2 saturated heterocycles. The van der Waals surface area contributed by atoms with Crippen molar-refractivity contribution < 1.29 is 26.7 Å². The number of sulfonamides is 2. The van der Waals surface area contributed by atoms with Crippen molar-refractivity contribution in [2.45, 2.75) is 21.9 Å². The predicted molar refractivity (Wildman–Crippen MR) is 152 cm³/mol. The molecule has 0 saturated carbocycles. The topological polar surface area (TPSA) is 161 Å². The molecule has 4 aromatic rings. The molecule has 2 aliphatic rings. The molecule has 0 radical (unpaired) electrons. The number of rotatable bonds is 8. The number of hydrogen-bond acceptors (Lipinski definition) is 8. The molecule has 4 aromatic carbocycles. The van der Waals surface area contributed by atoms with Crippen LogP contribution in [0.4, 0.5) is 11.4 Å². The third kappa shape index (κ3) is 6.06. The van der Waals surface area contributed by atoms with Crippen LogP contribution >= 0.6 is 0 Å². The highest BCUT2D eigenvalue weighted by Gasteiger charge is 2.46. The van der Waals surface area contributed by atoms with Crippen molar-refractivity contribution in [1.82, 2.24) is 8.61 Å². The quantitative estimate of drug-likeness (QED) is 0.158. The molecule has 0 aromatic heterocycles. The fourth-order valence-electron chi connectivity index (χ4n) is 4.42. The number of nitrogens with zero attached hydrogens (tertiary/aromatic N) is 4. The van der Waals surface area contributed by atoms with Crippen molar-refractivity contribution in [3.8, 4) is 0 Å². The second-order valence-electron chi connectivity index (χ2n) is 9.50. The van der Waals surface area contributed by atoms with Crippen LogP contribution in [-0.2, 0) is 20.0 Å². The van der Waals surface area contributed by atoms with Crippen LogP contribution < -0.4 is 0 Å². The number of nitro groups is 2. The molecule has 0 bridgehead atoms. The number of nitro benzene ring substituents is 2. The van der Waals surface area contributed by atoms with Crippen LogP contribution in [0.25, 0.3) is 0 Å². The Hall–Kier alpha value is -4.50. The van der Waals surface area contributed by atoms with E-state index in [0.717, 1.165) is 11.1 Å². The molecule has 2 heterocycles. The summed E-state index contributed by atoms with van der Waals surface area (Å²) in [5.74, 6) is 0. The lowest BCUT2D eigenvalue weighted by atomic mass is 10.2. The molecule has 2 fully saturated rings. The molecule has 0 N–H and O–H groups in total. The zero-order valence-electron chi connectivity index (χ0n) is 21.8. The minimum absolute atomic E-state index is 0.0755. The molecule has 2 unspecified atom stereocenters. The average Bonchev–Trinajstić information content (AvgIpc) is 3.93. The Balaban J connectivity index is 0.000000168. The highest BCUT2D eigenvalue weighted by atomic mass is 32.2. The Morgan fingerprint density at radius 1 is 0.524 bits per heavy atom. The Morgan fingerprint density at radius 2 is 0.833 bits per heavy atom. The van der Waals surface area contributed by atoms with E-state index in [9.17, 15) is 37.1 Å². The molecule has 2 aliphatic heterocycles. The summed E-state index contributed by atoms with van der Waals surface area (Å²) in [5.41, 5.74) is 1.64. The molecule has 0 amide bonds. The van der Waals surface area contributed by atoms with Gasteiger partial charge >= 0.3 is 0 Å². The van der Waals surface area contributed by atoms with Gasteiger partial charge in [-0.3, -0.25) is 20.2 Å². The van der Waals surface area contributed by atoms with E-state index < -0.39 is 29.9 Å². The SMILES string of the molecule is O=[N+]([O-])c1ccc(S(=O)(=O)N2C[C@@H]2c2ccccc2)cc1.O=[N+]([O-])c1ccc(S(=O)(=O)N2C[C@@H]2c2ccccc2)cc1. The Labute approximate surface area is 241 Å². The number of hydrogen-bond donors (Lipinski definition) is 0. The van der Waals surface area contributed by atoms with Crippen LogP contribution in [0.2, 0.25) is 0 Å². The first-order chi connectivity index (χ1) is 20.0. The largest absolute Gasteiger partial charge is 0.269 e. The van der Waals surface area contributed by atoms with Gasteiger partial charge in [-0.15, -0.1) is 0 Å². The van der Waals surface area contributed by atoms with Gasteiger partial charge in [0.2, 0.25) is 20.0 Å². The molecule has 216 valence electrons. The lowest BCUT2D eigenvalue weighted by molar-refractivity contribution is -0.385. The third-order valence-electron chi connectivity index (χ3n) is 6.81. The lowest BCUT2D eigenvalue weighted by Crippen LogP contribution is -2.12. The van der Waals surface area contributed by atoms with Gasteiger partial charge < -0.3 is 0 Å². The second-order valence-corrected chi connectivity index (χ2v) is 13.3. The highest BCUT2D eigenvalue weighted by Crippen LogP contribution is 2.41. The maximum Gasteiger partial charge on any atom is 0.269 e. The number of non-ortho nitro benzene ring substituents is 2. The van der Waals surface area contributed by atoms with Crippen molar-refractivity contribution >= 4 is 31.4 Å². The van der Waals surface area contributed by atoms with Gasteiger partial charge in [0.1, 0.15) is 0 Å². The second kappa shape index (κ2) is 11.4. The molecule has 42 heavy (non-hydrogen) atoms. The van der Waals surface area contributed by atoms with Crippen molar-refractivity contribution in [3.05, 3.63) is 141 Å². The summed E-state index contributed by atoms with van der Waals surface area (Å²) >= 11 is 0. The van der Waals surface area contributed by atoms with Crippen molar-refractivity contribution in [3.63, 3.8) is 0 Å². The van der Waals surface area contributed by atoms with Gasteiger partial charge in [0.05, 0.1) is 31.7 Å². The molecular formula is C28H24N4O8S2. The normalized spacial score (nSPS) is 21.0. The monoisotopic (exact) mass is 608 g/mol. The van der Waals surface area contributed by atoms with E-state index in [0.29, 0.717) is 13.1 Å². The van der Waals surface area contributed by atoms with Gasteiger partial charge in [0, 0.05) is 37.4 Å². The summed E-state index contributed by atoms with van der Waals surface area (Å²) in [5, 5.41) is 21.2. The van der Waals surface area contributed by atoms with E-state index in [4.69, 9.17) is 0 Å². The van der Waals surface area contributed by atoms with Gasteiger partial charge in [-0.25, -0.2) is 16.8 Å². The van der Waals surface area contributed by atoms with E-state index in [1.54, 1.807) is 0 Å². The summed E-state index contributed by atoms with van der Waals surface area (Å²) in [7, 11) is -7.19. The van der Waals surface area contributed by atoms with Crippen molar-refractivity contribution in [1.29, 1.82) is 0 Å². The smallest absolute Gasteiger partial charge is 0.258 e. The van der Waals surface area contributed by atoms with Crippen LogP contribution in [0.1, 0.15) is 23.2 Å². The molecule has 12 nitrogen and oxygen atoms in total.